The van der Waals surface area contributed by atoms with Gasteiger partial charge in [0.05, 0.1) is 0 Å². The molecule has 0 unspecified atom stereocenters. The first-order chi connectivity index (χ1) is 11.2. The van der Waals surface area contributed by atoms with E-state index in [1.54, 1.807) is 6.07 Å². The maximum absolute atomic E-state index is 9.37. The second-order valence-corrected chi connectivity index (χ2v) is 5.89. The average Bonchev–Trinajstić information content (AvgIpc) is 2.57. The molecule has 3 aromatic carbocycles. The molecule has 3 aromatic rings. The molecule has 0 heterocycles. The third-order valence-electron chi connectivity index (χ3n) is 3.68. The maximum Gasteiger partial charge on any atom is 0.123 e. The Bertz CT molecular complexity index is 702. The molecule has 0 bridgehead atoms. The van der Waals surface area contributed by atoms with Crippen molar-refractivity contribution in [3.05, 3.63) is 78.4 Å². The maximum atomic E-state index is 9.37. The third kappa shape index (κ3) is 5.76. The largest absolute Gasteiger partial charge is 0.507 e. The van der Waals surface area contributed by atoms with E-state index in [0.29, 0.717) is 5.75 Å². The van der Waals surface area contributed by atoms with Crippen LogP contribution in [-0.2, 0) is 6.42 Å². The molecule has 0 aliphatic carbocycles. The predicted octanol–water partition coefficient (Wildman–Crippen LogP) is 4.73. The van der Waals surface area contributed by atoms with Gasteiger partial charge in [0.1, 0.15) is 5.75 Å². The van der Waals surface area contributed by atoms with Crippen LogP contribution in [0.25, 0.3) is 10.8 Å². The lowest BCUT2D eigenvalue weighted by molar-refractivity contribution is 0.400. The number of benzene rings is 3. The van der Waals surface area contributed by atoms with Crippen LogP contribution in [0.4, 0.5) is 0 Å². The summed E-state index contributed by atoms with van der Waals surface area (Å²) in [4.78, 5) is 2.23. The van der Waals surface area contributed by atoms with E-state index in [1.165, 1.54) is 24.9 Å². The summed E-state index contributed by atoms with van der Waals surface area (Å²) in [6.07, 6.45) is 2.44. The van der Waals surface area contributed by atoms with Gasteiger partial charge in [0.25, 0.3) is 0 Å². The third-order valence-corrected chi connectivity index (χ3v) is 3.68. The second-order valence-electron chi connectivity index (χ2n) is 5.89. The van der Waals surface area contributed by atoms with Crippen LogP contribution in [0.1, 0.15) is 12.0 Å². The minimum absolute atomic E-state index is 0.350. The molecule has 0 aliphatic rings. The van der Waals surface area contributed by atoms with Crippen molar-refractivity contribution in [3.63, 3.8) is 0 Å². The van der Waals surface area contributed by atoms with Crippen molar-refractivity contribution in [3.8, 4) is 5.75 Å². The Morgan fingerprint density at radius 2 is 1.43 bits per heavy atom. The Morgan fingerprint density at radius 1 is 0.783 bits per heavy atom. The van der Waals surface area contributed by atoms with Crippen LogP contribution in [-0.4, -0.2) is 30.6 Å². The number of nitrogens with zero attached hydrogens (tertiary/aromatic N) is 1. The van der Waals surface area contributed by atoms with Crippen LogP contribution < -0.4 is 0 Å². The van der Waals surface area contributed by atoms with E-state index in [0.717, 1.165) is 10.8 Å². The van der Waals surface area contributed by atoms with Gasteiger partial charge in [0.2, 0.25) is 0 Å². The van der Waals surface area contributed by atoms with Crippen LogP contribution in [0, 0.1) is 0 Å². The van der Waals surface area contributed by atoms with Crippen molar-refractivity contribution in [2.45, 2.75) is 12.8 Å². The number of fused-ring (bicyclic) bond motifs is 1. The lowest BCUT2D eigenvalue weighted by atomic mass is 10.1. The highest BCUT2D eigenvalue weighted by Crippen LogP contribution is 2.22. The van der Waals surface area contributed by atoms with Crippen LogP contribution in [0.15, 0.2) is 72.8 Å². The van der Waals surface area contributed by atoms with E-state index in [1.807, 2.05) is 36.4 Å². The van der Waals surface area contributed by atoms with Gasteiger partial charge in [-0.2, -0.15) is 0 Å². The van der Waals surface area contributed by atoms with E-state index in [-0.39, 0.29) is 0 Å². The first-order valence-electron chi connectivity index (χ1n) is 8.02. The smallest absolute Gasteiger partial charge is 0.123 e. The van der Waals surface area contributed by atoms with Gasteiger partial charge >= 0.3 is 0 Å². The van der Waals surface area contributed by atoms with Crippen molar-refractivity contribution >= 4 is 10.8 Å². The lowest BCUT2D eigenvalue weighted by Crippen LogP contribution is -2.13. The van der Waals surface area contributed by atoms with Crippen LogP contribution in [0.5, 0.6) is 5.75 Å². The standard InChI is InChI=1S/C11H17N.C10H8O/c1-12(2)10-6-9-11-7-4-3-5-8-11;11-10-7-3-5-8-4-1-2-6-9(8)10/h3-5,7-8H,6,9-10H2,1-2H3;1-7,11H. The summed E-state index contributed by atoms with van der Waals surface area (Å²) in [7, 11) is 4.23. The predicted molar refractivity (Wildman–Crippen MR) is 98.9 cm³/mol. The molecule has 3 rings (SSSR count). The summed E-state index contributed by atoms with van der Waals surface area (Å²) >= 11 is 0. The van der Waals surface area contributed by atoms with Crippen molar-refractivity contribution in [1.29, 1.82) is 0 Å². The fourth-order valence-electron chi connectivity index (χ4n) is 2.45. The molecule has 0 saturated carbocycles. The number of hydrogen-bond donors (Lipinski definition) is 1. The second kappa shape index (κ2) is 8.96. The molecule has 120 valence electrons. The Hall–Kier alpha value is -2.32. The van der Waals surface area contributed by atoms with Gasteiger partial charge < -0.3 is 10.0 Å². The van der Waals surface area contributed by atoms with E-state index in [9.17, 15) is 5.11 Å². The molecule has 0 saturated heterocycles. The molecule has 1 N–H and O–H groups in total. The minimum atomic E-state index is 0.350. The van der Waals surface area contributed by atoms with Crippen molar-refractivity contribution < 1.29 is 5.11 Å². The molecule has 0 atom stereocenters. The van der Waals surface area contributed by atoms with E-state index in [2.05, 4.69) is 49.3 Å². The highest BCUT2D eigenvalue weighted by Gasteiger charge is 1.94. The SMILES string of the molecule is CN(C)CCCc1ccccc1.Oc1cccc2ccccc12. The summed E-state index contributed by atoms with van der Waals surface area (Å²) in [5.74, 6) is 0.350. The molecule has 2 nitrogen and oxygen atoms in total. The van der Waals surface area contributed by atoms with Crippen molar-refractivity contribution in [1.82, 2.24) is 4.90 Å². The van der Waals surface area contributed by atoms with Crippen LogP contribution >= 0.6 is 0 Å². The molecule has 0 spiro atoms. The van der Waals surface area contributed by atoms with Crippen LogP contribution in [0.2, 0.25) is 0 Å². The molecule has 0 radical (unpaired) electrons. The zero-order valence-corrected chi connectivity index (χ0v) is 13.9. The normalized spacial score (nSPS) is 10.4. The quantitative estimate of drug-likeness (QED) is 0.753. The molecule has 0 amide bonds. The summed E-state index contributed by atoms with van der Waals surface area (Å²) < 4.78 is 0. The van der Waals surface area contributed by atoms with Gasteiger partial charge in [0, 0.05) is 5.39 Å². The fraction of sp³-hybridized carbons (Fsp3) is 0.238. The average molecular weight is 307 g/mol. The molecule has 23 heavy (non-hydrogen) atoms. The van der Waals surface area contributed by atoms with Crippen molar-refractivity contribution in [2.24, 2.45) is 0 Å². The molecule has 0 aromatic heterocycles. The van der Waals surface area contributed by atoms with Gasteiger partial charge in [-0.3, -0.25) is 0 Å². The van der Waals surface area contributed by atoms with Gasteiger partial charge in [-0.15, -0.1) is 0 Å². The topological polar surface area (TPSA) is 23.5 Å². The van der Waals surface area contributed by atoms with E-state index >= 15 is 0 Å². The van der Waals surface area contributed by atoms with Crippen molar-refractivity contribution in [2.75, 3.05) is 20.6 Å². The molecular weight excluding hydrogens is 282 g/mol. The van der Waals surface area contributed by atoms with Gasteiger partial charge in [-0.1, -0.05) is 66.7 Å². The first kappa shape index (κ1) is 17.0. The molecule has 2 heteroatoms. The lowest BCUT2D eigenvalue weighted by Gasteiger charge is -2.08. The number of phenolic OH excluding ortho intramolecular Hbond substituents is 1. The summed E-state index contributed by atoms with van der Waals surface area (Å²) in [5, 5.41) is 11.4. The number of hydrogen-bond acceptors (Lipinski definition) is 2. The Morgan fingerprint density at radius 3 is 2.13 bits per heavy atom. The minimum Gasteiger partial charge on any atom is -0.507 e. The summed E-state index contributed by atoms with van der Waals surface area (Å²) in [5.41, 5.74) is 1.44. The van der Waals surface area contributed by atoms with Gasteiger partial charge in [-0.25, -0.2) is 0 Å². The Balaban J connectivity index is 0.000000167. The highest BCUT2D eigenvalue weighted by molar-refractivity contribution is 5.87. The Labute approximate surface area is 139 Å². The fourth-order valence-corrected chi connectivity index (χ4v) is 2.45. The van der Waals surface area contributed by atoms with E-state index < -0.39 is 0 Å². The Kier molecular flexibility index (Phi) is 6.64. The zero-order valence-electron chi connectivity index (χ0n) is 13.9. The molecule has 0 fully saturated rings. The summed E-state index contributed by atoms with van der Waals surface area (Å²) in [6.45, 7) is 1.18. The first-order valence-corrected chi connectivity index (χ1v) is 8.02. The molecular formula is C21H25NO. The van der Waals surface area contributed by atoms with Gasteiger partial charge in [0.15, 0.2) is 0 Å². The monoisotopic (exact) mass is 307 g/mol. The number of phenols is 1. The van der Waals surface area contributed by atoms with E-state index in [4.69, 9.17) is 0 Å². The number of aryl methyl sites for hydroxylation is 1. The number of aromatic hydroxyl groups is 1. The highest BCUT2D eigenvalue weighted by atomic mass is 16.3. The number of rotatable bonds is 4. The zero-order chi connectivity index (χ0) is 16.5. The van der Waals surface area contributed by atoms with Crippen LogP contribution in [0.3, 0.4) is 0 Å². The van der Waals surface area contributed by atoms with Gasteiger partial charge in [-0.05, 0) is 50.5 Å². The summed E-state index contributed by atoms with van der Waals surface area (Å²) in [6, 6.07) is 23.9. The molecule has 0 aliphatic heterocycles.